The van der Waals surface area contributed by atoms with Crippen molar-refractivity contribution in [3.8, 4) is 0 Å². The van der Waals surface area contributed by atoms with E-state index in [0.29, 0.717) is 17.2 Å². The Labute approximate surface area is 151 Å². The number of hydrogen-bond acceptors (Lipinski definition) is 4. The monoisotopic (exact) mass is 404 g/mol. The lowest BCUT2D eigenvalue weighted by Crippen LogP contribution is -2.19. The summed E-state index contributed by atoms with van der Waals surface area (Å²) in [5.74, 6) is -1.90. The molecule has 0 bridgehead atoms. The van der Waals surface area contributed by atoms with Crippen LogP contribution in [0, 0.1) is 32.4 Å². The molecule has 0 aromatic heterocycles. The van der Waals surface area contributed by atoms with Gasteiger partial charge in [0.2, 0.25) is 10.0 Å². The van der Waals surface area contributed by atoms with Crippen molar-refractivity contribution < 1.29 is 25.6 Å². The molecule has 0 aliphatic rings. The molecule has 142 valence electrons. The summed E-state index contributed by atoms with van der Waals surface area (Å²) in [6.45, 7) is 4.62. The van der Waals surface area contributed by atoms with E-state index < -0.39 is 37.4 Å². The molecule has 2 N–H and O–H groups in total. The number of anilines is 2. The van der Waals surface area contributed by atoms with Gasteiger partial charge in [0.25, 0.3) is 10.0 Å². The van der Waals surface area contributed by atoms with Gasteiger partial charge in [-0.1, -0.05) is 6.07 Å². The third-order valence-corrected chi connectivity index (χ3v) is 5.86. The van der Waals surface area contributed by atoms with Crippen LogP contribution in [0.4, 0.5) is 20.2 Å². The lowest BCUT2D eigenvalue weighted by molar-refractivity contribution is 0.582. The van der Waals surface area contributed by atoms with Crippen molar-refractivity contribution in [2.45, 2.75) is 25.7 Å². The SMILES string of the molecule is Cc1cc(C)c(S(=O)(=O)Nc2ccc(F)cc2F)c(C)c1NS(C)(=O)=O. The molecule has 0 saturated carbocycles. The van der Waals surface area contributed by atoms with Gasteiger partial charge in [-0.25, -0.2) is 25.6 Å². The third-order valence-electron chi connectivity index (χ3n) is 3.63. The Balaban J connectivity index is 2.60. The van der Waals surface area contributed by atoms with Gasteiger partial charge in [0.15, 0.2) is 0 Å². The van der Waals surface area contributed by atoms with Crippen LogP contribution in [0.1, 0.15) is 16.7 Å². The molecule has 0 aliphatic carbocycles. The van der Waals surface area contributed by atoms with Crippen LogP contribution in [-0.2, 0) is 20.0 Å². The van der Waals surface area contributed by atoms with Gasteiger partial charge in [-0.15, -0.1) is 0 Å². The lowest BCUT2D eigenvalue weighted by Gasteiger charge is -2.19. The van der Waals surface area contributed by atoms with Gasteiger partial charge in [-0.3, -0.25) is 9.44 Å². The Kier molecular flexibility index (Phi) is 5.29. The highest BCUT2D eigenvalue weighted by Crippen LogP contribution is 2.32. The van der Waals surface area contributed by atoms with Crippen molar-refractivity contribution in [2.75, 3.05) is 15.7 Å². The zero-order valence-electron chi connectivity index (χ0n) is 14.5. The summed E-state index contributed by atoms with van der Waals surface area (Å²) in [5.41, 5.74) is 0.788. The fourth-order valence-electron chi connectivity index (χ4n) is 2.69. The molecule has 0 spiro atoms. The molecule has 0 heterocycles. The second kappa shape index (κ2) is 6.84. The first-order valence-electron chi connectivity index (χ1n) is 7.38. The van der Waals surface area contributed by atoms with Gasteiger partial charge < -0.3 is 0 Å². The van der Waals surface area contributed by atoms with E-state index in [1.54, 1.807) is 13.8 Å². The number of aryl methyl sites for hydroxylation is 2. The van der Waals surface area contributed by atoms with Gasteiger partial charge in [-0.05, 0) is 49.6 Å². The number of benzene rings is 2. The molecule has 0 unspecified atom stereocenters. The minimum Gasteiger partial charge on any atom is -0.283 e. The first kappa shape index (κ1) is 20.1. The number of hydrogen-bond donors (Lipinski definition) is 2. The first-order chi connectivity index (χ1) is 11.8. The molecule has 2 aromatic rings. The summed E-state index contributed by atoms with van der Waals surface area (Å²) in [7, 11) is -7.89. The van der Waals surface area contributed by atoms with Gasteiger partial charge >= 0.3 is 0 Å². The highest BCUT2D eigenvalue weighted by atomic mass is 32.2. The molecule has 6 nitrogen and oxygen atoms in total. The second-order valence-electron chi connectivity index (χ2n) is 5.94. The molecule has 10 heteroatoms. The predicted molar refractivity (Wildman–Crippen MR) is 96.3 cm³/mol. The Bertz CT molecular complexity index is 1080. The fourth-order valence-corrected chi connectivity index (χ4v) is 4.92. The predicted octanol–water partition coefficient (Wildman–Crippen LogP) is 3.06. The summed E-state index contributed by atoms with van der Waals surface area (Å²) in [5, 5.41) is 0. The van der Waals surface area contributed by atoms with Gasteiger partial charge in [0.1, 0.15) is 11.6 Å². The van der Waals surface area contributed by atoms with Gasteiger partial charge in [0.05, 0.1) is 22.5 Å². The average molecular weight is 404 g/mol. The molecule has 0 amide bonds. The molecule has 2 rings (SSSR count). The molecule has 2 aromatic carbocycles. The smallest absolute Gasteiger partial charge is 0.262 e. The molecule has 26 heavy (non-hydrogen) atoms. The van der Waals surface area contributed by atoms with Crippen LogP contribution < -0.4 is 9.44 Å². The van der Waals surface area contributed by atoms with E-state index in [2.05, 4.69) is 9.44 Å². The van der Waals surface area contributed by atoms with Crippen LogP contribution in [0.3, 0.4) is 0 Å². The van der Waals surface area contributed by atoms with E-state index in [1.807, 2.05) is 0 Å². The maximum Gasteiger partial charge on any atom is 0.262 e. The maximum atomic E-state index is 13.8. The van der Waals surface area contributed by atoms with Crippen LogP contribution in [0.15, 0.2) is 29.2 Å². The average Bonchev–Trinajstić information content (AvgIpc) is 2.45. The molecule has 0 fully saturated rings. The van der Waals surface area contributed by atoms with Crippen LogP contribution in [0.5, 0.6) is 0 Å². The highest BCUT2D eigenvalue weighted by molar-refractivity contribution is 7.93. The minimum absolute atomic E-state index is 0.137. The summed E-state index contributed by atoms with van der Waals surface area (Å²) >= 11 is 0. The van der Waals surface area contributed by atoms with E-state index in [4.69, 9.17) is 0 Å². The molecule has 0 aliphatic heterocycles. The molecular formula is C16H18F2N2O4S2. The van der Waals surface area contributed by atoms with E-state index in [0.717, 1.165) is 18.4 Å². The van der Waals surface area contributed by atoms with Crippen molar-refractivity contribution in [2.24, 2.45) is 0 Å². The molecule has 0 radical (unpaired) electrons. The van der Waals surface area contributed by atoms with Crippen LogP contribution in [-0.4, -0.2) is 23.1 Å². The Hall–Kier alpha value is -2.20. The second-order valence-corrected chi connectivity index (χ2v) is 9.31. The minimum atomic E-state index is -4.25. The normalized spacial score (nSPS) is 12.1. The van der Waals surface area contributed by atoms with Crippen molar-refractivity contribution in [3.63, 3.8) is 0 Å². The maximum absolute atomic E-state index is 13.8. The number of halogens is 2. The standard InChI is InChI=1S/C16H18F2N2O4S2/c1-9-7-10(2)16(11(3)15(9)20-25(4,21)22)26(23,24)19-14-6-5-12(17)8-13(14)18/h5-8,19-20H,1-4H3. The van der Waals surface area contributed by atoms with Crippen molar-refractivity contribution in [3.05, 3.63) is 52.6 Å². The van der Waals surface area contributed by atoms with Gasteiger partial charge in [-0.2, -0.15) is 0 Å². The Morgan fingerprint density at radius 1 is 0.885 bits per heavy atom. The Morgan fingerprint density at radius 3 is 2.04 bits per heavy atom. The topological polar surface area (TPSA) is 92.3 Å². The number of nitrogens with one attached hydrogen (secondary N) is 2. The summed E-state index contributed by atoms with van der Waals surface area (Å²) in [4.78, 5) is -0.182. The van der Waals surface area contributed by atoms with E-state index in [-0.39, 0.29) is 16.1 Å². The van der Waals surface area contributed by atoms with Crippen LogP contribution >= 0.6 is 0 Å². The molecular weight excluding hydrogens is 386 g/mol. The van der Waals surface area contributed by atoms with Gasteiger partial charge in [0, 0.05) is 6.07 Å². The summed E-state index contributed by atoms with van der Waals surface area (Å²) in [6.07, 6.45) is 0.950. The number of sulfonamides is 2. The fraction of sp³-hybridized carbons (Fsp3) is 0.250. The van der Waals surface area contributed by atoms with Crippen LogP contribution in [0.2, 0.25) is 0 Å². The zero-order chi connectivity index (χ0) is 19.9. The van der Waals surface area contributed by atoms with Crippen LogP contribution in [0.25, 0.3) is 0 Å². The Morgan fingerprint density at radius 2 is 1.50 bits per heavy atom. The van der Waals surface area contributed by atoms with E-state index in [9.17, 15) is 25.6 Å². The lowest BCUT2D eigenvalue weighted by atomic mass is 10.1. The zero-order valence-corrected chi connectivity index (χ0v) is 16.1. The summed E-state index contributed by atoms with van der Waals surface area (Å²) < 4.78 is 79.8. The largest absolute Gasteiger partial charge is 0.283 e. The molecule has 0 saturated heterocycles. The van der Waals surface area contributed by atoms with E-state index in [1.165, 1.54) is 13.0 Å². The number of rotatable bonds is 5. The third kappa shape index (κ3) is 4.31. The molecule has 0 atom stereocenters. The highest BCUT2D eigenvalue weighted by Gasteiger charge is 2.25. The van der Waals surface area contributed by atoms with Crippen molar-refractivity contribution >= 4 is 31.4 Å². The quantitative estimate of drug-likeness (QED) is 0.801. The first-order valence-corrected chi connectivity index (χ1v) is 10.8. The summed E-state index contributed by atoms with van der Waals surface area (Å²) in [6, 6.07) is 3.96. The van der Waals surface area contributed by atoms with Crippen molar-refractivity contribution in [1.82, 2.24) is 0 Å². The van der Waals surface area contributed by atoms with Crippen molar-refractivity contribution in [1.29, 1.82) is 0 Å². The van der Waals surface area contributed by atoms with E-state index >= 15 is 0 Å².